The Hall–Kier alpha value is -1.62. The molecule has 0 atom stereocenters. The first-order chi connectivity index (χ1) is 10.1. The van der Waals surface area contributed by atoms with Gasteiger partial charge in [0.05, 0.1) is 57.2 Å². The van der Waals surface area contributed by atoms with Gasteiger partial charge in [-0.3, -0.25) is 0 Å². The lowest BCUT2D eigenvalue weighted by molar-refractivity contribution is -0.903. The van der Waals surface area contributed by atoms with Crippen molar-refractivity contribution in [3.8, 4) is 11.8 Å². The number of hydrogen-bond donors (Lipinski definition) is 1. The molecule has 1 aliphatic heterocycles. The summed E-state index contributed by atoms with van der Waals surface area (Å²) >= 11 is 0. The Morgan fingerprint density at radius 1 is 1.29 bits per heavy atom. The van der Waals surface area contributed by atoms with Crippen molar-refractivity contribution < 1.29 is 18.1 Å². The highest BCUT2D eigenvalue weighted by molar-refractivity contribution is 7.89. The first-order valence-electron chi connectivity index (χ1n) is 6.92. The van der Waals surface area contributed by atoms with E-state index in [1.807, 2.05) is 0 Å². The summed E-state index contributed by atoms with van der Waals surface area (Å²) in [4.78, 5) is 1.58. The maximum atomic E-state index is 12.5. The maximum absolute atomic E-state index is 12.5. The highest BCUT2D eigenvalue weighted by Crippen LogP contribution is 2.19. The first kappa shape index (κ1) is 15.8. The molecule has 1 aliphatic rings. The number of ether oxygens (including phenoxy) is 1. The minimum atomic E-state index is -3.43. The van der Waals surface area contributed by atoms with E-state index in [1.54, 1.807) is 31.4 Å². The Kier molecular flexibility index (Phi) is 5.17. The molecule has 1 N–H and O–H groups in total. The van der Waals surface area contributed by atoms with Gasteiger partial charge in [-0.25, -0.2) is 8.42 Å². The van der Waals surface area contributed by atoms with Gasteiger partial charge in [-0.1, -0.05) is 0 Å². The number of methoxy groups -OCH3 is 1. The molecule has 0 aliphatic carbocycles. The van der Waals surface area contributed by atoms with Gasteiger partial charge >= 0.3 is 0 Å². The molecule has 0 aromatic heterocycles. The molecule has 2 rings (SSSR count). The Morgan fingerprint density at radius 2 is 1.90 bits per heavy atom. The second-order valence-corrected chi connectivity index (χ2v) is 6.93. The van der Waals surface area contributed by atoms with E-state index in [-0.39, 0.29) is 0 Å². The van der Waals surface area contributed by atoms with Crippen LogP contribution in [0.25, 0.3) is 0 Å². The van der Waals surface area contributed by atoms with Crippen molar-refractivity contribution in [1.29, 1.82) is 5.26 Å². The molecule has 0 saturated carbocycles. The van der Waals surface area contributed by atoms with Crippen LogP contribution in [0, 0.1) is 11.3 Å². The quantitative estimate of drug-likeness (QED) is 0.795. The monoisotopic (exact) mass is 310 g/mol. The fourth-order valence-electron chi connectivity index (χ4n) is 2.42. The molecule has 0 unspecified atom stereocenters. The van der Waals surface area contributed by atoms with Gasteiger partial charge in [-0.05, 0) is 24.3 Å². The van der Waals surface area contributed by atoms with E-state index in [0.717, 1.165) is 19.6 Å². The van der Waals surface area contributed by atoms with E-state index in [9.17, 15) is 8.42 Å². The minimum Gasteiger partial charge on any atom is -0.497 e. The van der Waals surface area contributed by atoms with Crippen molar-refractivity contribution in [1.82, 2.24) is 4.31 Å². The van der Waals surface area contributed by atoms with Crippen LogP contribution in [0.4, 0.5) is 0 Å². The SMILES string of the molecule is COc1ccc(S(=O)(=O)N2CC[NH+](CCC#N)CC2)cc1. The van der Waals surface area contributed by atoms with Crippen LogP contribution in [0.2, 0.25) is 0 Å². The lowest BCUT2D eigenvalue weighted by atomic mass is 10.3. The van der Waals surface area contributed by atoms with Crippen molar-refractivity contribution in [3.63, 3.8) is 0 Å². The number of piperazine rings is 1. The fourth-order valence-corrected chi connectivity index (χ4v) is 3.86. The third kappa shape index (κ3) is 3.73. The van der Waals surface area contributed by atoms with Crippen molar-refractivity contribution >= 4 is 10.0 Å². The number of sulfonamides is 1. The van der Waals surface area contributed by atoms with Crippen LogP contribution in [0.5, 0.6) is 5.75 Å². The minimum absolute atomic E-state index is 0.295. The molecule has 0 spiro atoms. The van der Waals surface area contributed by atoms with Crippen LogP contribution in [-0.2, 0) is 10.0 Å². The number of rotatable bonds is 5. The fraction of sp³-hybridized carbons (Fsp3) is 0.500. The average Bonchev–Trinajstić information content (AvgIpc) is 2.53. The topological polar surface area (TPSA) is 74.8 Å². The highest BCUT2D eigenvalue weighted by Gasteiger charge is 2.30. The summed E-state index contributed by atoms with van der Waals surface area (Å²) in [6, 6.07) is 8.58. The molecule has 7 heteroatoms. The molecule has 114 valence electrons. The van der Waals surface area contributed by atoms with Gasteiger partial charge in [0, 0.05) is 0 Å². The van der Waals surface area contributed by atoms with Crippen LogP contribution in [0.15, 0.2) is 29.2 Å². The van der Waals surface area contributed by atoms with E-state index in [1.165, 1.54) is 9.21 Å². The summed E-state index contributed by atoms with van der Waals surface area (Å²) in [7, 11) is -1.88. The number of nitrogens with one attached hydrogen (secondary N) is 1. The molecule has 1 fully saturated rings. The number of quaternary nitrogens is 1. The van der Waals surface area contributed by atoms with Crippen molar-refractivity contribution in [2.75, 3.05) is 39.8 Å². The van der Waals surface area contributed by atoms with Gasteiger partial charge in [0.1, 0.15) is 5.75 Å². The van der Waals surface area contributed by atoms with Gasteiger partial charge in [0.2, 0.25) is 10.0 Å². The van der Waals surface area contributed by atoms with E-state index in [2.05, 4.69) is 6.07 Å². The van der Waals surface area contributed by atoms with Gasteiger partial charge in [-0.15, -0.1) is 0 Å². The summed E-state index contributed by atoms with van der Waals surface area (Å²) in [5.41, 5.74) is 0. The normalized spacial score (nSPS) is 17.3. The summed E-state index contributed by atoms with van der Waals surface area (Å²) < 4.78 is 31.6. The molecular weight excluding hydrogens is 290 g/mol. The number of benzene rings is 1. The Morgan fingerprint density at radius 3 is 2.43 bits per heavy atom. The van der Waals surface area contributed by atoms with E-state index < -0.39 is 10.0 Å². The zero-order valence-electron chi connectivity index (χ0n) is 12.1. The van der Waals surface area contributed by atoms with Crippen LogP contribution in [0.1, 0.15) is 6.42 Å². The summed E-state index contributed by atoms with van der Waals surface area (Å²) in [5.74, 6) is 0.639. The van der Waals surface area contributed by atoms with Crippen molar-refractivity contribution in [3.05, 3.63) is 24.3 Å². The molecule has 0 amide bonds. The zero-order valence-corrected chi connectivity index (χ0v) is 12.9. The molecular formula is C14H20N3O3S+. The first-order valence-corrected chi connectivity index (χ1v) is 8.36. The average molecular weight is 310 g/mol. The van der Waals surface area contributed by atoms with Gasteiger partial charge in [0.15, 0.2) is 0 Å². The molecule has 0 radical (unpaired) electrons. The van der Waals surface area contributed by atoms with Gasteiger partial charge < -0.3 is 9.64 Å². The molecule has 1 aromatic rings. The Bertz CT molecular complexity index is 599. The van der Waals surface area contributed by atoms with E-state index in [4.69, 9.17) is 10.00 Å². The zero-order chi connectivity index (χ0) is 15.3. The summed E-state index contributed by atoms with van der Waals surface area (Å²) in [6.07, 6.45) is 0.514. The number of hydrogen-bond acceptors (Lipinski definition) is 4. The standard InChI is InChI=1S/C14H19N3O3S/c1-20-13-3-5-14(6-4-13)21(18,19)17-11-9-16(10-12-17)8-2-7-15/h3-6H,2,8-12H2,1H3/p+1. The van der Waals surface area contributed by atoms with Crippen LogP contribution in [0.3, 0.4) is 0 Å². The summed E-state index contributed by atoms with van der Waals surface area (Å²) in [6.45, 7) is 3.27. The van der Waals surface area contributed by atoms with Gasteiger partial charge in [0.25, 0.3) is 0 Å². The van der Waals surface area contributed by atoms with E-state index in [0.29, 0.717) is 30.2 Å². The van der Waals surface area contributed by atoms with Crippen LogP contribution >= 0.6 is 0 Å². The second-order valence-electron chi connectivity index (χ2n) is 4.99. The van der Waals surface area contributed by atoms with Gasteiger partial charge in [-0.2, -0.15) is 9.57 Å². The third-order valence-electron chi connectivity index (χ3n) is 3.72. The Labute approximate surface area is 125 Å². The lowest BCUT2D eigenvalue weighted by Crippen LogP contribution is -3.14. The largest absolute Gasteiger partial charge is 0.497 e. The maximum Gasteiger partial charge on any atom is 0.243 e. The predicted octanol–water partition coefficient (Wildman–Crippen LogP) is -0.502. The molecule has 0 bridgehead atoms. The molecule has 21 heavy (non-hydrogen) atoms. The van der Waals surface area contributed by atoms with Crippen molar-refractivity contribution in [2.45, 2.75) is 11.3 Å². The number of nitriles is 1. The third-order valence-corrected chi connectivity index (χ3v) is 5.63. The molecule has 1 aromatic carbocycles. The predicted molar refractivity (Wildman–Crippen MR) is 77.5 cm³/mol. The molecule has 1 heterocycles. The highest BCUT2D eigenvalue weighted by atomic mass is 32.2. The molecule has 1 saturated heterocycles. The Balaban J connectivity index is 2.02. The molecule has 6 nitrogen and oxygen atoms in total. The van der Waals surface area contributed by atoms with E-state index >= 15 is 0 Å². The summed E-state index contributed by atoms with van der Waals surface area (Å²) in [5, 5.41) is 8.59. The number of nitrogens with zero attached hydrogens (tertiary/aromatic N) is 2. The van der Waals surface area contributed by atoms with Crippen LogP contribution in [-0.4, -0.2) is 52.6 Å². The second kappa shape index (κ2) is 6.89. The van der Waals surface area contributed by atoms with Crippen molar-refractivity contribution in [2.24, 2.45) is 0 Å². The smallest absolute Gasteiger partial charge is 0.243 e. The lowest BCUT2D eigenvalue weighted by Gasteiger charge is -2.31. The van der Waals surface area contributed by atoms with Crippen LogP contribution < -0.4 is 9.64 Å².